The molecule has 0 saturated heterocycles. The van der Waals surface area contributed by atoms with Gasteiger partial charge in [-0.05, 0) is 57.2 Å². The second kappa shape index (κ2) is 5.70. The summed E-state index contributed by atoms with van der Waals surface area (Å²) >= 11 is 6.07. The van der Waals surface area contributed by atoms with Gasteiger partial charge in [-0.15, -0.1) is 0 Å². The van der Waals surface area contributed by atoms with Crippen LogP contribution >= 0.6 is 11.6 Å². The second-order valence-electron chi connectivity index (χ2n) is 6.29. The predicted octanol–water partition coefficient (Wildman–Crippen LogP) is 5.14. The van der Waals surface area contributed by atoms with E-state index in [4.69, 9.17) is 16.3 Å². The van der Waals surface area contributed by atoms with Gasteiger partial charge in [0.15, 0.2) is 0 Å². The topological polar surface area (TPSA) is 44.1 Å². The van der Waals surface area contributed by atoms with E-state index in [-0.39, 0.29) is 0 Å². The first-order valence-electron chi connectivity index (χ1n) is 7.30. The Balaban J connectivity index is 2.22. The van der Waals surface area contributed by atoms with E-state index in [0.29, 0.717) is 5.02 Å². The summed E-state index contributed by atoms with van der Waals surface area (Å²) in [7, 11) is 0. The van der Waals surface area contributed by atoms with E-state index in [1.54, 1.807) is 23.0 Å². The first-order chi connectivity index (χ1) is 10.8. The SMILES string of the molecule is CC(C)(C)OC(=O)n1c(-c2cccnc2)cc2cc(Cl)ccc21. The van der Waals surface area contributed by atoms with Crippen LogP contribution in [-0.2, 0) is 4.74 Å². The summed E-state index contributed by atoms with van der Waals surface area (Å²) < 4.78 is 7.12. The van der Waals surface area contributed by atoms with Crippen molar-refractivity contribution in [1.82, 2.24) is 9.55 Å². The summed E-state index contributed by atoms with van der Waals surface area (Å²) in [6.07, 6.45) is 2.99. The van der Waals surface area contributed by atoms with Gasteiger partial charge >= 0.3 is 6.09 Å². The molecule has 3 aromatic rings. The summed E-state index contributed by atoms with van der Waals surface area (Å²) in [5, 5.41) is 1.50. The predicted molar refractivity (Wildman–Crippen MR) is 91.8 cm³/mol. The van der Waals surface area contributed by atoms with Gasteiger partial charge in [0.25, 0.3) is 0 Å². The van der Waals surface area contributed by atoms with Gasteiger partial charge in [0.05, 0.1) is 11.2 Å². The zero-order chi connectivity index (χ0) is 16.6. The minimum Gasteiger partial charge on any atom is -0.443 e. The molecule has 0 aliphatic heterocycles. The number of hydrogen-bond acceptors (Lipinski definition) is 3. The molecule has 3 rings (SSSR count). The molecular formula is C18H17ClN2O2. The van der Waals surface area contributed by atoms with Gasteiger partial charge < -0.3 is 4.74 Å². The monoisotopic (exact) mass is 328 g/mol. The number of rotatable bonds is 1. The summed E-state index contributed by atoms with van der Waals surface area (Å²) in [5.41, 5.74) is 1.74. The number of nitrogens with zero attached hydrogens (tertiary/aromatic N) is 2. The Hall–Kier alpha value is -2.33. The smallest absolute Gasteiger partial charge is 0.419 e. The molecule has 0 fully saturated rings. The van der Waals surface area contributed by atoms with Crippen molar-refractivity contribution < 1.29 is 9.53 Å². The van der Waals surface area contributed by atoms with Gasteiger partial charge in [-0.25, -0.2) is 9.36 Å². The molecule has 0 amide bonds. The highest BCUT2D eigenvalue weighted by Crippen LogP contribution is 2.30. The number of ether oxygens (including phenoxy) is 1. The number of carbonyl (C=O) groups excluding carboxylic acids is 1. The van der Waals surface area contributed by atoms with Crippen LogP contribution in [0.4, 0.5) is 4.79 Å². The Morgan fingerprint density at radius 1 is 1.22 bits per heavy atom. The van der Waals surface area contributed by atoms with Crippen LogP contribution in [0.1, 0.15) is 20.8 Å². The molecule has 0 bridgehead atoms. The molecule has 0 aliphatic carbocycles. The van der Waals surface area contributed by atoms with Crippen LogP contribution in [0.15, 0.2) is 48.8 Å². The Kier molecular flexibility index (Phi) is 3.86. The van der Waals surface area contributed by atoms with E-state index < -0.39 is 11.7 Å². The maximum atomic E-state index is 12.7. The number of carbonyl (C=O) groups is 1. The molecule has 2 aromatic heterocycles. The number of benzene rings is 1. The Morgan fingerprint density at radius 3 is 2.65 bits per heavy atom. The van der Waals surface area contributed by atoms with Gasteiger partial charge in [0.2, 0.25) is 0 Å². The molecule has 0 unspecified atom stereocenters. The molecule has 4 nitrogen and oxygen atoms in total. The third kappa shape index (κ3) is 3.22. The Morgan fingerprint density at radius 2 is 2.00 bits per heavy atom. The van der Waals surface area contributed by atoms with Crippen molar-refractivity contribution in [3.63, 3.8) is 0 Å². The zero-order valence-electron chi connectivity index (χ0n) is 13.2. The molecule has 118 valence electrons. The Bertz CT molecular complexity index is 864. The van der Waals surface area contributed by atoms with Crippen LogP contribution in [0.2, 0.25) is 5.02 Å². The van der Waals surface area contributed by atoms with Gasteiger partial charge in [-0.3, -0.25) is 4.98 Å². The average Bonchev–Trinajstić information content (AvgIpc) is 2.85. The first kappa shape index (κ1) is 15.6. The first-order valence-corrected chi connectivity index (χ1v) is 7.68. The minimum atomic E-state index is -0.577. The van der Waals surface area contributed by atoms with Gasteiger partial charge in [0, 0.05) is 28.4 Å². The fourth-order valence-electron chi connectivity index (χ4n) is 2.42. The number of halogens is 1. The molecular weight excluding hydrogens is 312 g/mol. The molecule has 0 aliphatic rings. The largest absolute Gasteiger partial charge is 0.443 e. The molecule has 0 radical (unpaired) electrons. The maximum Gasteiger partial charge on any atom is 0.419 e. The van der Waals surface area contributed by atoms with Crippen molar-refractivity contribution in [3.8, 4) is 11.3 Å². The standard InChI is InChI=1S/C18H17ClN2O2/c1-18(2,3)23-17(22)21-15-7-6-14(19)9-13(15)10-16(21)12-5-4-8-20-11-12/h4-11H,1-3H3. The van der Waals surface area contributed by atoms with Gasteiger partial charge in [0.1, 0.15) is 5.60 Å². The Labute approximate surface area is 139 Å². The van der Waals surface area contributed by atoms with Crippen molar-refractivity contribution >= 4 is 28.6 Å². The van der Waals surface area contributed by atoms with Crippen molar-refractivity contribution in [1.29, 1.82) is 0 Å². The average molecular weight is 329 g/mol. The summed E-state index contributed by atoms with van der Waals surface area (Å²) in [6.45, 7) is 5.53. The summed E-state index contributed by atoms with van der Waals surface area (Å²) in [5.74, 6) is 0. The molecule has 0 atom stereocenters. The molecule has 1 aromatic carbocycles. The fraction of sp³-hybridized carbons (Fsp3) is 0.222. The second-order valence-corrected chi connectivity index (χ2v) is 6.73. The molecule has 2 heterocycles. The van der Waals surface area contributed by atoms with E-state index in [1.165, 1.54) is 0 Å². The van der Waals surface area contributed by atoms with Crippen molar-refractivity contribution in [2.45, 2.75) is 26.4 Å². The number of hydrogen-bond donors (Lipinski definition) is 0. The van der Waals surface area contributed by atoms with E-state index in [0.717, 1.165) is 22.2 Å². The number of aromatic nitrogens is 2. The number of pyridine rings is 1. The quantitative estimate of drug-likeness (QED) is 0.621. The zero-order valence-corrected chi connectivity index (χ0v) is 14.0. The van der Waals surface area contributed by atoms with Gasteiger partial charge in [-0.2, -0.15) is 0 Å². The van der Waals surface area contributed by atoms with Crippen LogP contribution in [0, 0.1) is 0 Å². The highest BCUT2D eigenvalue weighted by atomic mass is 35.5. The van der Waals surface area contributed by atoms with Crippen LogP contribution in [0.3, 0.4) is 0 Å². The fourth-order valence-corrected chi connectivity index (χ4v) is 2.60. The lowest BCUT2D eigenvalue weighted by Crippen LogP contribution is -2.27. The highest BCUT2D eigenvalue weighted by Gasteiger charge is 2.22. The minimum absolute atomic E-state index is 0.423. The van der Waals surface area contributed by atoms with Crippen LogP contribution in [0.25, 0.3) is 22.2 Å². The highest BCUT2D eigenvalue weighted by molar-refractivity contribution is 6.31. The lowest BCUT2D eigenvalue weighted by Gasteiger charge is -2.21. The third-order valence-corrected chi connectivity index (χ3v) is 3.53. The third-order valence-electron chi connectivity index (χ3n) is 3.30. The molecule has 23 heavy (non-hydrogen) atoms. The lowest BCUT2D eigenvalue weighted by atomic mass is 10.2. The molecule has 0 spiro atoms. The molecule has 0 saturated carbocycles. The van der Waals surface area contributed by atoms with Crippen LogP contribution in [-0.4, -0.2) is 21.2 Å². The normalized spacial score (nSPS) is 11.7. The summed E-state index contributed by atoms with van der Waals surface area (Å²) in [4.78, 5) is 16.8. The van der Waals surface area contributed by atoms with Crippen molar-refractivity contribution in [2.75, 3.05) is 0 Å². The van der Waals surface area contributed by atoms with E-state index >= 15 is 0 Å². The van der Waals surface area contributed by atoms with Crippen LogP contribution in [0.5, 0.6) is 0 Å². The lowest BCUT2D eigenvalue weighted by molar-refractivity contribution is 0.0547. The molecule has 5 heteroatoms. The number of fused-ring (bicyclic) bond motifs is 1. The molecule has 0 N–H and O–H groups in total. The summed E-state index contributed by atoms with van der Waals surface area (Å²) in [6, 6.07) is 11.1. The van der Waals surface area contributed by atoms with Crippen molar-refractivity contribution in [2.24, 2.45) is 0 Å². The van der Waals surface area contributed by atoms with Crippen molar-refractivity contribution in [3.05, 3.63) is 53.8 Å². The van der Waals surface area contributed by atoms with Crippen LogP contribution < -0.4 is 0 Å². The maximum absolute atomic E-state index is 12.7. The van der Waals surface area contributed by atoms with E-state index in [1.807, 2.05) is 51.1 Å². The van der Waals surface area contributed by atoms with Gasteiger partial charge in [-0.1, -0.05) is 11.6 Å². The van der Waals surface area contributed by atoms with E-state index in [2.05, 4.69) is 4.98 Å². The van der Waals surface area contributed by atoms with E-state index in [9.17, 15) is 4.79 Å².